The van der Waals surface area contributed by atoms with E-state index < -0.39 is 58.6 Å². The van der Waals surface area contributed by atoms with Gasteiger partial charge in [0.05, 0.1) is 24.4 Å². The standard InChI is InChI=1S/C41H61N3O10/c1-24-8-6-10-32(45)38(20-25(2)27(4)23-43-44-42)15-11-28(36(47)48)19-31(38)34-35-33(46)26(3)21-40(52-34,53-35)22-30-9-7-13-39(50-30)16-17-41(54-39)37(5,49)14-12-29(18-24)51-41/h19,25-27,29-31,33-35,46,49H,1,6-18,20-23H2,2-5H3,(H,47,48)/t25-,26+,27-,29-,30+,31+,33+,34-,35+,37+,38+,39+,40+,41+/m0/s1. The van der Waals surface area contributed by atoms with Crippen molar-refractivity contribution in [1.29, 1.82) is 0 Å². The van der Waals surface area contributed by atoms with Crippen LogP contribution in [-0.4, -0.2) is 87.1 Å². The van der Waals surface area contributed by atoms with Gasteiger partial charge in [-0.05, 0) is 94.4 Å². The molecule has 0 aromatic carbocycles. The van der Waals surface area contributed by atoms with Crippen molar-refractivity contribution in [2.45, 2.75) is 184 Å². The lowest BCUT2D eigenvalue weighted by Crippen LogP contribution is -2.60. The minimum absolute atomic E-state index is 0.0323. The number of carboxylic acid groups (broad SMARTS) is 1. The summed E-state index contributed by atoms with van der Waals surface area (Å²) in [7, 11) is 0. The normalized spacial score (nSPS) is 46.5. The van der Waals surface area contributed by atoms with Crippen molar-refractivity contribution in [3.8, 4) is 0 Å². The third-order valence-electron chi connectivity index (χ3n) is 14.5. The molecule has 0 aromatic heterocycles. The molecule has 0 saturated carbocycles. The van der Waals surface area contributed by atoms with E-state index in [-0.39, 0.29) is 60.7 Å². The SMILES string of the molecule is C=C1CCCC(=O)[C@@]2(C[C@H](C)[C@@H](C)CN=[N+]=[N-])CCC(C(=O)O)=C[C@@H]2[C@@H]2O[C@]3(C[C@H]4CCC[C@@]5(CC[C@@]6(O[C@@H](CC[C@@]6(C)O)C1)O5)O4)C[C@@H](C)[C@@H](O)[C@H]2O3. The Hall–Kier alpha value is -2.35. The molecular formula is C41H61N3O10. The van der Waals surface area contributed by atoms with E-state index in [1.54, 1.807) is 13.0 Å². The number of azide groups is 1. The molecule has 7 bridgehead atoms. The van der Waals surface area contributed by atoms with Gasteiger partial charge in [-0.1, -0.05) is 44.1 Å². The zero-order valence-electron chi connectivity index (χ0n) is 32.5. The highest BCUT2D eigenvalue weighted by Gasteiger charge is 2.66. The minimum Gasteiger partial charge on any atom is -0.478 e. The molecule has 13 heteroatoms. The molecule has 14 atom stereocenters. The molecule has 54 heavy (non-hydrogen) atoms. The Morgan fingerprint density at radius 2 is 1.76 bits per heavy atom. The molecule has 300 valence electrons. The van der Waals surface area contributed by atoms with Gasteiger partial charge in [-0.25, -0.2) is 4.79 Å². The number of rotatable bonds is 6. The maximum absolute atomic E-state index is 15.0. The van der Waals surface area contributed by atoms with E-state index in [9.17, 15) is 20.1 Å². The summed E-state index contributed by atoms with van der Waals surface area (Å²) in [4.78, 5) is 30.6. The Kier molecular flexibility index (Phi) is 11.0. The van der Waals surface area contributed by atoms with Gasteiger partial charge in [0.15, 0.2) is 11.6 Å². The molecule has 6 saturated heterocycles. The largest absolute Gasteiger partial charge is 0.478 e. The molecule has 3 spiro atoms. The predicted molar refractivity (Wildman–Crippen MR) is 197 cm³/mol. The molecule has 6 heterocycles. The molecule has 1 aliphatic carbocycles. The molecular weight excluding hydrogens is 694 g/mol. The Labute approximate surface area is 318 Å². The van der Waals surface area contributed by atoms with Crippen LogP contribution in [0.1, 0.15) is 130 Å². The van der Waals surface area contributed by atoms with Crippen LogP contribution >= 0.6 is 0 Å². The van der Waals surface area contributed by atoms with Crippen LogP contribution in [0.15, 0.2) is 28.9 Å². The zero-order valence-corrected chi connectivity index (χ0v) is 32.5. The summed E-state index contributed by atoms with van der Waals surface area (Å²) in [5.74, 6) is -5.22. The van der Waals surface area contributed by atoms with Gasteiger partial charge in [0.2, 0.25) is 5.79 Å². The Morgan fingerprint density at radius 3 is 2.52 bits per heavy atom. The molecule has 7 rings (SSSR count). The first-order chi connectivity index (χ1) is 25.5. The van der Waals surface area contributed by atoms with E-state index in [1.165, 1.54) is 0 Å². The summed E-state index contributed by atoms with van der Waals surface area (Å²) in [6, 6.07) is 0. The molecule has 0 radical (unpaired) electrons. The second-order valence-corrected chi connectivity index (χ2v) is 18.4. The number of ether oxygens (including phenoxy) is 5. The van der Waals surface area contributed by atoms with Gasteiger partial charge in [0, 0.05) is 66.9 Å². The molecule has 0 unspecified atom stereocenters. The Morgan fingerprint density at radius 1 is 0.981 bits per heavy atom. The predicted octanol–water partition coefficient (Wildman–Crippen LogP) is 7.04. The highest BCUT2D eigenvalue weighted by Crippen LogP contribution is 2.58. The number of aliphatic hydroxyl groups is 2. The molecule has 6 fully saturated rings. The molecule has 6 aliphatic heterocycles. The van der Waals surface area contributed by atoms with E-state index in [2.05, 4.69) is 23.5 Å². The second-order valence-electron chi connectivity index (χ2n) is 18.4. The lowest BCUT2D eigenvalue weighted by Gasteiger charge is -2.50. The van der Waals surface area contributed by atoms with Crippen molar-refractivity contribution < 1.29 is 48.6 Å². The van der Waals surface area contributed by atoms with Crippen LogP contribution < -0.4 is 0 Å². The van der Waals surface area contributed by atoms with Crippen molar-refractivity contribution in [1.82, 2.24) is 0 Å². The third-order valence-corrected chi connectivity index (χ3v) is 14.5. The zero-order chi connectivity index (χ0) is 38.7. The number of carbonyl (C=O) groups excluding carboxylic acids is 1. The summed E-state index contributed by atoms with van der Waals surface area (Å²) >= 11 is 0. The first kappa shape index (κ1) is 39.9. The Balaban J connectivity index is 1.29. The van der Waals surface area contributed by atoms with Gasteiger partial charge in [0.1, 0.15) is 17.5 Å². The fourth-order valence-electron chi connectivity index (χ4n) is 11.2. The molecule has 13 nitrogen and oxygen atoms in total. The van der Waals surface area contributed by atoms with Crippen LogP contribution in [0.4, 0.5) is 0 Å². The maximum atomic E-state index is 15.0. The van der Waals surface area contributed by atoms with Crippen LogP contribution in [0.5, 0.6) is 0 Å². The number of ketones is 1. The third kappa shape index (κ3) is 7.21. The van der Waals surface area contributed by atoms with Crippen LogP contribution in [0.3, 0.4) is 0 Å². The van der Waals surface area contributed by atoms with E-state index in [1.807, 2.05) is 13.8 Å². The fraction of sp³-hybridized carbons (Fsp3) is 0.854. The molecule has 3 N–H and O–H groups in total. The number of carbonyl (C=O) groups is 2. The number of Topliss-reactive ketones (excluding diaryl/α,β-unsaturated/α-hetero) is 1. The van der Waals surface area contributed by atoms with E-state index in [0.717, 1.165) is 18.4 Å². The van der Waals surface area contributed by atoms with E-state index in [0.29, 0.717) is 77.0 Å². The quantitative estimate of drug-likeness (QED) is 0.110. The van der Waals surface area contributed by atoms with Gasteiger partial charge in [0.25, 0.3) is 0 Å². The number of nitrogens with zero attached hydrogens (tertiary/aromatic N) is 3. The van der Waals surface area contributed by atoms with Crippen LogP contribution in [-0.2, 0) is 33.3 Å². The average Bonchev–Trinajstić information content (AvgIpc) is 3.63. The highest BCUT2D eigenvalue weighted by molar-refractivity contribution is 5.90. The lowest BCUT2D eigenvalue weighted by molar-refractivity contribution is -0.403. The van der Waals surface area contributed by atoms with Crippen molar-refractivity contribution in [3.05, 3.63) is 34.2 Å². The van der Waals surface area contributed by atoms with Gasteiger partial charge >= 0.3 is 5.97 Å². The van der Waals surface area contributed by atoms with Gasteiger partial charge in [-0.3, -0.25) is 4.79 Å². The van der Waals surface area contributed by atoms with Crippen molar-refractivity contribution in [2.75, 3.05) is 6.54 Å². The highest BCUT2D eigenvalue weighted by atomic mass is 16.8. The Bertz CT molecular complexity index is 1560. The summed E-state index contributed by atoms with van der Waals surface area (Å²) in [5.41, 5.74) is 8.04. The number of hydrogen-bond acceptors (Lipinski definition) is 10. The van der Waals surface area contributed by atoms with Gasteiger partial charge < -0.3 is 39.0 Å². The van der Waals surface area contributed by atoms with Gasteiger partial charge in [-0.2, -0.15) is 0 Å². The lowest BCUT2D eigenvalue weighted by atomic mass is 9.57. The van der Waals surface area contributed by atoms with Crippen molar-refractivity contribution in [2.24, 2.45) is 34.2 Å². The molecule has 0 aromatic rings. The number of aliphatic carboxylic acids is 1. The maximum Gasteiger partial charge on any atom is 0.331 e. The number of carboxylic acids is 1. The summed E-state index contributed by atoms with van der Waals surface area (Å²) in [6.45, 7) is 12.5. The summed E-state index contributed by atoms with van der Waals surface area (Å²) in [6.07, 6.45) is 7.05. The molecule has 0 amide bonds. The van der Waals surface area contributed by atoms with Crippen molar-refractivity contribution >= 4 is 11.8 Å². The molecule has 7 aliphatic rings. The smallest absolute Gasteiger partial charge is 0.331 e. The first-order valence-corrected chi connectivity index (χ1v) is 20.5. The monoisotopic (exact) mass is 755 g/mol. The van der Waals surface area contributed by atoms with Gasteiger partial charge in [-0.15, -0.1) is 0 Å². The fourth-order valence-corrected chi connectivity index (χ4v) is 11.2. The van der Waals surface area contributed by atoms with E-state index in [4.69, 9.17) is 29.2 Å². The second kappa shape index (κ2) is 14.9. The van der Waals surface area contributed by atoms with Crippen molar-refractivity contribution in [3.63, 3.8) is 0 Å². The number of hydrogen-bond donors (Lipinski definition) is 3. The number of aliphatic hydroxyl groups excluding tert-OH is 1. The summed E-state index contributed by atoms with van der Waals surface area (Å²) < 4.78 is 34.4. The topological polar surface area (TPSA) is 190 Å². The average molecular weight is 756 g/mol. The van der Waals surface area contributed by atoms with E-state index >= 15 is 4.79 Å². The van der Waals surface area contributed by atoms with Crippen LogP contribution in [0.2, 0.25) is 0 Å². The first-order valence-electron chi connectivity index (χ1n) is 20.5. The van der Waals surface area contributed by atoms with Crippen LogP contribution in [0, 0.1) is 29.1 Å². The summed E-state index contributed by atoms with van der Waals surface area (Å²) in [5, 5.41) is 37.6. The number of fused-ring (bicyclic) bond motifs is 7. The van der Waals surface area contributed by atoms with Crippen LogP contribution in [0.25, 0.3) is 10.4 Å². The minimum atomic E-state index is -1.21.